The first-order chi connectivity index (χ1) is 14.9. The number of nitrogens with one attached hydrogen (secondary N) is 1. The van der Waals surface area contributed by atoms with Crippen LogP contribution in [0.4, 0.5) is 4.39 Å². The Morgan fingerprint density at radius 3 is 2.47 bits per heavy atom. The summed E-state index contributed by atoms with van der Waals surface area (Å²) < 4.78 is 13.3. The highest BCUT2D eigenvalue weighted by molar-refractivity contribution is 6.14. The number of carboxylic acids is 1. The summed E-state index contributed by atoms with van der Waals surface area (Å²) >= 11 is 0. The molecule has 170 valence electrons. The molecular weight excluding hydrogens is 415 g/mol. The van der Waals surface area contributed by atoms with Crippen LogP contribution in [-0.2, 0) is 14.4 Å². The number of Topliss-reactive ketones (excluding diaryl/α,β-unsaturated/α-hetero) is 1. The number of hydrogen-bond acceptors (Lipinski definition) is 5. The van der Waals surface area contributed by atoms with Gasteiger partial charge in [0.1, 0.15) is 11.6 Å². The zero-order valence-corrected chi connectivity index (χ0v) is 18.3. The number of hydrazone groups is 1. The van der Waals surface area contributed by atoms with Gasteiger partial charge in [-0.1, -0.05) is 37.6 Å². The molecule has 32 heavy (non-hydrogen) atoms. The van der Waals surface area contributed by atoms with E-state index >= 15 is 0 Å². The van der Waals surface area contributed by atoms with Gasteiger partial charge in [-0.25, -0.2) is 9.82 Å². The minimum atomic E-state index is -1.77. The number of carboxylic acid groups (broad SMARTS) is 1. The van der Waals surface area contributed by atoms with Gasteiger partial charge in [0.25, 0.3) is 5.91 Å². The van der Waals surface area contributed by atoms with Crippen LogP contribution in [0.3, 0.4) is 0 Å². The van der Waals surface area contributed by atoms with Crippen molar-refractivity contribution in [3.63, 3.8) is 0 Å². The van der Waals surface area contributed by atoms with Gasteiger partial charge >= 0.3 is 5.97 Å². The quantitative estimate of drug-likeness (QED) is 0.276. The van der Waals surface area contributed by atoms with Crippen molar-refractivity contribution in [3.05, 3.63) is 58.6 Å². The average Bonchev–Trinajstić information content (AvgIpc) is 2.70. The van der Waals surface area contributed by atoms with E-state index in [-0.39, 0.29) is 47.7 Å². The minimum Gasteiger partial charge on any atom is -0.511 e. The zero-order chi connectivity index (χ0) is 23.7. The van der Waals surface area contributed by atoms with Gasteiger partial charge in [-0.2, -0.15) is 5.10 Å². The molecule has 1 amide bonds. The molecule has 0 aliphatic heterocycles. The van der Waals surface area contributed by atoms with E-state index in [1.54, 1.807) is 18.2 Å². The van der Waals surface area contributed by atoms with Crippen molar-refractivity contribution in [2.45, 2.75) is 52.4 Å². The zero-order valence-electron chi connectivity index (χ0n) is 18.3. The van der Waals surface area contributed by atoms with Crippen LogP contribution in [-0.4, -0.2) is 34.1 Å². The molecule has 0 aromatic heterocycles. The Hall–Kier alpha value is -3.29. The van der Waals surface area contributed by atoms with Gasteiger partial charge in [0, 0.05) is 18.8 Å². The number of benzene rings is 1. The standard InChI is InChI=1S/C24H27FN2O5/c1-14-8-9-24(22(31)32,10-17(14)15-4-6-16(25)7-5-15)21(30)27-26-13-18-19(28)11-23(2,3)12-20(18)29/h4-8,13,17,28H,9-12H2,1-3H3,(H,27,30)(H,31,32)/b26-13-/t17-,24-/m0/s1. The van der Waals surface area contributed by atoms with Crippen molar-refractivity contribution in [1.82, 2.24) is 5.43 Å². The lowest BCUT2D eigenvalue weighted by molar-refractivity contribution is -0.157. The number of carbonyl (C=O) groups is 3. The van der Waals surface area contributed by atoms with Crippen molar-refractivity contribution in [1.29, 1.82) is 0 Å². The molecule has 0 saturated carbocycles. The van der Waals surface area contributed by atoms with Crippen molar-refractivity contribution < 1.29 is 29.0 Å². The lowest BCUT2D eigenvalue weighted by Gasteiger charge is -2.35. The number of aliphatic carboxylic acids is 1. The third-order valence-electron chi connectivity index (χ3n) is 6.25. The van der Waals surface area contributed by atoms with E-state index in [2.05, 4.69) is 10.5 Å². The first-order valence-corrected chi connectivity index (χ1v) is 10.4. The van der Waals surface area contributed by atoms with Crippen LogP contribution in [0.5, 0.6) is 0 Å². The Morgan fingerprint density at radius 2 is 1.88 bits per heavy atom. The second-order valence-corrected chi connectivity index (χ2v) is 9.35. The number of aliphatic hydroxyl groups excluding tert-OH is 1. The number of nitrogens with zero attached hydrogens (tertiary/aromatic N) is 1. The monoisotopic (exact) mass is 442 g/mol. The van der Waals surface area contributed by atoms with E-state index in [4.69, 9.17) is 0 Å². The van der Waals surface area contributed by atoms with Gasteiger partial charge in [0.15, 0.2) is 11.2 Å². The maximum atomic E-state index is 13.3. The molecule has 3 N–H and O–H groups in total. The molecular formula is C24H27FN2O5. The molecule has 3 rings (SSSR count). The summed E-state index contributed by atoms with van der Waals surface area (Å²) in [6.07, 6.45) is 3.27. The molecule has 2 aliphatic carbocycles. The molecule has 1 aromatic carbocycles. The van der Waals surface area contributed by atoms with Crippen LogP contribution in [0.25, 0.3) is 0 Å². The molecule has 1 aromatic rings. The number of halogens is 1. The lowest BCUT2D eigenvalue weighted by Crippen LogP contribution is -2.47. The highest BCUT2D eigenvalue weighted by atomic mass is 19.1. The molecule has 0 unspecified atom stereocenters. The summed E-state index contributed by atoms with van der Waals surface area (Å²) in [5, 5.41) is 23.9. The average molecular weight is 442 g/mol. The maximum Gasteiger partial charge on any atom is 0.319 e. The molecule has 0 saturated heterocycles. The topological polar surface area (TPSA) is 116 Å². The Morgan fingerprint density at radius 1 is 1.22 bits per heavy atom. The van der Waals surface area contributed by atoms with E-state index < -0.39 is 23.1 Å². The SMILES string of the molecule is CC1=CC[C@@](C(=O)O)(C(=O)N/N=C\C2=C(O)CC(C)(C)CC2=O)C[C@@H]1c1ccc(F)cc1. The van der Waals surface area contributed by atoms with E-state index in [9.17, 15) is 29.0 Å². The molecule has 0 radical (unpaired) electrons. The highest BCUT2D eigenvalue weighted by Crippen LogP contribution is 2.44. The Kier molecular flexibility index (Phi) is 6.34. The normalized spacial score (nSPS) is 25.6. The third kappa shape index (κ3) is 4.64. The fraction of sp³-hybridized carbons (Fsp3) is 0.417. The minimum absolute atomic E-state index is 0.0116. The van der Waals surface area contributed by atoms with Gasteiger partial charge < -0.3 is 10.2 Å². The maximum absolute atomic E-state index is 13.3. The first kappa shape index (κ1) is 23.4. The van der Waals surface area contributed by atoms with Crippen molar-refractivity contribution >= 4 is 23.9 Å². The second kappa shape index (κ2) is 8.68. The summed E-state index contributed by atoms with van der Waals surface area (Å²) in [7, 11) is 0. The molecule has 0 bridgehead atoms. The van der Waals surface area contributed by atoms with Gasteiger partial charge in [0.05, 0.1) is 11.8 Å². The van der Waals surface area contributed by atoms with Crippen LogP contribution < -0.4 is 5.43 Å². The van der Waals surface area contributed by atoms with Crippen molar-refractivity contribution in [2.24, 2.45) is 15.9 Å². The molecule has 8 heteroatoms. The fourth-order valence-corrected chi connectivity index (χ4v) is 4.31. The molecule has 2 atom stereocenters. The second-order valence-electron chi connectivity index (χ2n) is 9.35. The largest absolute Gasteiger partial charge is 0.511 e. The molecule has 7 nitrogen and oxygen atoms in total. The predicted molar refractivity (Wildman–Crippen MR) is 117 cm³/mol. The number of hydrogen-bond donors (Lipinski definition) is 3. The van der Waals surface area contributed by atoms with E-state index in [0.717, 1.165) is 11.8 Å². The van der Waals surface area contributed by atoms with Crippen LogP contribution >= 0.6 is 0 Å². The fourth-order valence-electron chi connectivity index (χ4n) is 4.31. The Balaban J connectivity index is 1.81. The number of rotatable bonds is 5. The van der Waals surface area contributed by atoms with Crippen molar-refractivity contribution in [3.8, 4) is 0 Å². The van der Waals surface area contributed by atoms with Crippen LogP contribution in [0.2, 0.25) is 0 Å². The van der Waals surface area contributed by atoms with Crippen LogP contribution in [0.1, 0.15) is 57.9 Å². The number of ketones is 1. The first-order valence-electron chi connectivity index (χ1n) is 10.4. The summed E-state index contributed by atoms with van der Waals surface area (Å²) in [6.45, 7) is 5.58. The Bertz CT molecular complexity index is 1040. The van der Waals surface area contributed by atoms with E-state index in [0.29, 0.717) is 12.0 Å². The highest BCUT2D eigenvalue weighted by Gasteiger charge is 2.49. The summed E-state index contributed by atoms with van der Waals surface area (Å²) in [4.78, 5) is 37.4. The van der Waals surface area contributed by atoms with Gasteiger partial charge in [-0.05, 0) is 42.9 Å². The number of amides is 1. The van der Waals surface area contributed by atoms with Gasteiger partial charge in [-0.3, -0.25) is 14.4 Å². The predicted octanol–water partition coefficient (Wildman–Crippen LogP) is 4.02. The summed E-state index contributed by atoms with van der Waals surface area (Å²) in [6, 6.07) is 5.76. The molecule has 2 aliphatic rings. The summed E-state index contributed by atoms with van der Waals surface area (Å²) in [5.74, 6) is -3.29. The smallest absolute Gasteiger partial charge is 0.319 e. The van der Waals surface area contributed by atoms with Crippen LogP contribution in [0, 0.1) is 16.6 Å². The number of carbonyl (C=O) groups excluding carboxylic acids is 2. The van der Waals surface area contributed by atoms with Crippen LogP contribution in [0.15, 0.2) is 52.3 Å². The number of allylic oxidation sites excluding steroid dienone is 4. The van der Waals surface area contributed by atoms with E-state index in [1.807, 2.05) is 20.8 Å². The molecule has 0 fully saturated rings. The number of aliphatic hydroxyl groups is 1. The van der Waals surface area contributed by atoms with Gasteiger partial charge in [-0.15, -0.1) is 0 Å². The lowest BCUT2D eigenvalue weighted by atomic mass is 9.68. The molecule has 0 heterocycles. The third-order valence-corrected chi connectivity index (χ3v) is 6.25. The Labute approximate surface area is 185 Å². The van der Waals surface area contributed by atoms with Gasteiger partial charge in [0.2, 0.25) is 0 Å². The van der Waals surface area contributed by atoms with Crippen molar-refractivity contribution in [2.75, 3.05) is 0 Å². The molecule has 0 spiro atoms. The van der Waals surface area contributed by atoms with E-state index in [1.165, 1.54) is 12.1 Å². The summed E-state index contributed by atoms with van der Waals surface area (Å²) in [5.41, 5.74) is 1.73.